The molecule has 1 aliphatic heterocycles. The highest BCUT2D eigenvalue weighted by atomic mass is 32.2. The zero-order valence-corrected chi connectivity index (χ0v) is 19.4. The second-order valence-corrected chi connectivity index (χ2v) is 9.50. The minimum Gasteiger partial charge on any atom is -0.376 e. The van der Waals surface area contributed by atoms with Crippen LogP contribution >= 0.6 is 23.1 Å². The molecule has 0 saturated carbocycles. The largest absolute Gasteiger partial charge is 0.376 e. The van der Waals surface area contributed by atoms with Gasteiger partial charge in [-0.15, -0.1) is 11.3 Å². The Morgan fingerprint density at radius 1 is 1.15 bits per heavy atom. The van der Waals surface area contributed by atoms with Crippen molar-refractivity contribution in [2.75, 3.05) is 17.7 Å². The van der Waals surface area contributed by atoms with E-state index in [1.807, 2.05) is 53.9 Å². The van der Waals surface area contributed by atoms with Gasteiger partial charge < -0.3 is 10.1 Å². The molecule has 2 aromatic heterocycles. The SMILES string of the molecule is O=C(CSc1nc2ccccc2c(=O)n1CC1CCCO1)Nc1nc(-c2ccccc2)cs1. The highest BCUT2D eigenvalue weighted by Crippen LogP contribution is 2.25. The fourth-order valence-corrected chi connectivity index (χ4v) is 5.31. The van der Waals surface area contributed by atoms with E-state index in [4.69, 9.17) is 4.74 Å². The first-order chi connectivity index (χ1) is 16.2. The number of thiazole rings is 1. The molecule has 3 heterocycles. The van der Waals surface area contributed by atoms with Crippen molar-refractivity contribution in [3.63, 3.8) is 0 Å². The Bertz CT molecular complexity index is 1330. The minimum atomic E-state index is -0.194. The van der Waals surface area contributed by atoms with Gasteiger partial charge in [-0.05, 0) is 25.0 Å². The van der Waals surface area contributed by atoms with E-state index in [1.54, 1.807) is 10.6 Å². The quantitative estimate of drug-likeness (QED) is 0.312. The van der Waals surface area contributed by atoms with Gasteiger partial charge in [0.05, 0.1) is 35.0 Å². The summed E-state index contributed by atoms with van der Waals surface area (Å²) in [6.07, 6.45) is 1.90. The van der Waals surface area contributed by atoms with Crippen LogP contribution in [0.15, 0.2) is 69.9 Å². The van der Waals surface area contributed by atoms with Gasteiger partial charge >= 0.3 is 0 Å². The second kappa shape index (κ2) is 9.86. The summed E-state index contributed by atoms with van der Waals surface area (Å²) in [5, 5.41) is 6.41. The summed E-state index contributed by atoms with van der Waals surface area (Å²) in [5.74, 6) is -0.0728. The van der Waals surface area contributed by atoms with Crippen LogP contribution in [0.4, 0.5) is 5.13 Å². The molecule has 1 aliphatic rings. The van der Waals surface area contributed by atoms with Gasteiger partial charge in [0.1, 0.15) is 0 Å². The van der Waals surface area contributed by atoms with E-state index in [0.717, 1.165) is 24.1 Å². The molecule has 7 nitrogen and oxygen atoms in total. The van der Waals surface area contributed by atoms with Gasteiger partial charge in [-0.2, -0.15) is 0 Å². The van der Waals surface area contributed by atoms with Crippen LogP contribution in [-0.2, 0) is 16.1 Å². The van der Waals surface area contributed by atoms with Gasteiger partial charge in [-0.3, -0.25) is 14.2 Å². The third-order valence-corrected chi connectivity index (χ3v) is 7.12. The molecule has 2 aromatic carbocycles. The summed E-state index contributed by atoms with van der Waals surface area (Å²) in [5.41, 5.74) is 2.35. The molecule has 0 bridgehead atoms. The summed E-state index contributed by atoms with van der Waals surface area (Å²) in [6.45, 7) is 1.15. The van der Waals surface area contributed by atoms with Gasteiger partial charge in [0, 0.05) is 17.6 Å². The number of nitrogens with zero attached hydrogens (tertiary/aromatic N) is 3. The van der Waals surface area contributed by atoms with Crippen LogP contribution in [-0.4, -0.2) is 38.9 Å². The molecule has 1 atom stereocenters. The molecule has 1 fully saturated rings. The number of nitrogens with one attached hydrogen (secondary N) is 1. The van der Waals surface area contributed by atoms with Crippen LogP contribution in [0.25, 0.3) is 22.2 Å². The lowest BCUT2D eigenvalue weighted by molar-refractivity contribution is -0.113. The fraction of sp³-hybridized carbons (Fsp3) is 0.250. The van der Waals surface area contributed by atoms with Crippen molar-refractivity contribution < 1.29 is 9.53 Å². The number of amides is 1. The van der Waals surface area contributed by atoms with Gasteiger partial charge in [-0.1, -0.05) is 54.2 Å². The number of anilines is 1. The number of para-hydroxylation sites is 1. The third-order valence-electron chi connectivity index (χ3n) is 5.39. The predicted molar refractivity (Wildman–Crippen MR) is 132 cm³/mol. The van der Waals surface area contributed by atoms with E-state index in [1.165, 1.54) is 23.1 Å². The lowest BCUT2D eigenvalue weighted by Crippen LogP contribution is -2.29. The van der Waals surface area contributed by atoms with Crippen LogP contribution in [0.3, 0.4) is 0 Å². The number of carbonyl (C=O) groups is 1. The normalized spacial score (nSPS) is 15.7. The number of fused-ring (bicyclic) bond motifs is 1. The van der Waals surface area contributed by atoms with Crippen LogP contribution < -0.4 is 10.9 Å². The molecule has 0 spiro atoms. The highest BCUT2D eigenvalue weighted by molar-refractivity contribution is 7.99. The summed E-state index contributed by atoms with van der Waals surface area (Å²) < 4.78 is 7.39. The monoisotopic (exact) mass is 478 g/mol. The molecule has 33 heavy (non-hydrogen) atoms. The van der Waals surface area contributed by atoms with Crippen molar-refractivity contribution in [3.8, 4) is 11.3 Å². The number of ether oxygens (including phenoxy) is 1. The maximum Gasteiger partial charge on any atom is 0.262 e. The molecule has 1 saturated heterocycles. The molecular formula is C24H22N4O3S2. The van der Waals surface area contributed by atoms with E-state index >= 15 is 0 Å². The number of carbonyl (C=O) groups excluding carboxylic acids is 1. The number of thioether (sulfide) groups is 1. The first-order valence-electron chi connectivity index (χ1n) is 10.7. The Kier molecular flexibility index (Phi) is 6.52. The van der Waals surface area contributed by atoms with E-state index in [2.05, 4.69) is 15.3 Å². The number of benzene rings is 2. The fourth-order valence-electron chi connectivity index (χ4n) is 3.77. The standard InChI is InChI=1S/C24H22N4O3S2/c29-21(27-23-25-20(14-32-23)16-7-2-1-3-8-16)15-33-24-26-19-11-5-4-10-18(19)22(30)28(24)13-17-9-6-12-31-17/h1-5,7-8,10-11,14,17H,6,9,12-13,15H2,(H,25,27,29). The molecule has 9 heteroatoms. The predicted octanol–water partition coefficient (Wildman–Crippen LogP) is 4.43. The molecule has 1 unspecified atom stereocenters. The number of hydrogen-bond acceptors (Lipinski definition) is 7. The smallest absolute Gasteiger partial charge is 0.262 e. The Labute approximate surface area is 198 Å². The highest BCUT2D eigenvalue weighted by Gasteiger charge is 2.21. The topological polar surface area (TPSA) is 86.1 Å². The summed E-state index contributed by atoms with van der Waals surface area (Å²) >= 11 is 2.63. The van der Waals surface area contributed by atoms with E-state index in [-0.39, 0.29) is 23.3 Å². The Morgan fingerprint density at radius 3 is 2.79 bits per heavy atom. The van der Waals surface area contributed by atoms with Crippen molar-refractivity contribution in [2.45, 2.75) is 30.6 Å². The maximum atomic E-state index is 13.2. The van der Waals surface area contributed by atoms with Crippen LogP contribution in [0.5, 0.6) is 0 Å². The van der Waals surface area contributed by atoms with Crippen molar-refractivity contribution in [2.24, 2.45) is 0 Å². The molecule has 5 rings (SSSR count). The Balaban J connectivity index is 1.32. The molecule has 168 valence electrons. The van der Waals surface area contributed by atoms with Gasteiger partial charge in [0.25, 0.3) is 5.56 Å². The average molecular weight is 479 g/mol. The maximum absolute atomic E-state index is 13.2. The van der Waals surface area contributed by atoms with Crippen LogP contribution in [0.2, 0.25) is 0 Å². The van der Waals surface area contributed by atoms with Gasteiger partial charge in [0.2, 0.25) is 5.91 Å². The first-order valence-corrected chi connectivity index (χ1v) is 12.6. The van der Waals surface area contributed by atoms with E-state index in [0.29, 0.717) is 34.3 Å². The Morgan fingerprint density at radius 2 is 1.97 bits per heavy atom. The van der Waals surface area contributed by atoms with Crippen LogP contribution in [0, 0.1) is 0 Å². The number of hydrogen-bond donors (Lipinski definition) is 1. The summed E-state index contributed by atoms with van der Waals surface area (Å²) in [4.78, 5) is 35.0. The van der Waals surface area contributed by atoms with E-state index < -0.39 is 0 Å². The zero-order chi connectivity index (χ0) is 22.6. The molecule has 0 radical (unpaired) electrons. The van der Waals surface area contributed by atoms with Crippen molar-refractivity contribution in [1.29, 1.82) is 0 Å². The van der Waals surface area contributed by atoms with Crippen molar-refractivity contribution in [1.82, 2.24) is 14.5 Å². The number of aromatic nitrogens is 3. The number of rotatable bonds is 7. The minimum absolute atomic E-state index is 0.00874. The van der Waals surface area contributed by atoms with Gasteiger partial charge in [0.15, 0.2) is 10.3 Å². The molecule has 1 amide bonds. The first kappa shape index (κ1) is 21.8. The van der Waals surface area contributed by atoms with Crippen molar-refractivity contribution >= 4 is 45.0 Å². The molecule has 0 aliphatic carbocycles. The summed E-state index contributed by atoms with van der Waals surface area (Å²) in [7, 11) is 0. The molecule has 4 aromatic rings. The zero-order valence-electron chi connectivity index (χ0n) is 17.8. The van der Waals surface area contributed by atoms with Crippen LogP contribution in [0.1, 0.15) is 12.8 Å². The average Bonchev–Trinajstić information content (AvgIpc) is 3.53. The molecular weight excluding hydrogens is 456 g/mol. The van der Waals surface area contributed by atoms with Gasteiger partial charge in [-0.25, -0.2) is 9.97 Å². The lowest BCUT2D eigenvalue weighted by Gasteiger charge is -2.16. The lowest BCUT2D eigenvalue weighted by atomic mass is 10.2. The van der Waals surface area contributed by atoms with E-state index in [9.17, 15) is 9.59 Å². The van der Waals surface area contributed by atoms with Crippen molar-refractivity contribution in [3.05, 3.63) is 70.3 Å². The third kappa shape index (κ3) is 5.00. The Hall–Kier alpha value is -3.01. The second-order valence-electron chi connectivity index (χ2n) is 7.70. The summed E-state index contributed by atoms with van der Waals surface area (Å²) in [6, 6.07) is 17.1. The molecule has 1 N–H and O–H groups in total.